The Bertz CT molecular complexity index is 619. The first-order chi connectivity index (χ1) is 10.4. The molecule has 0 aliphatic carbocycles. The van der Waals surface area contributed by atoms with Gasteiger partial charge in [-0.3, -0.25) is 9.52 Å². The molecule has 1 aromatic carbocycles. The Morgan fingerprint density at radius 3 is 2.43 bits per heavy atom. The average molecular weight is 362 g/mol. The van der Waals surface area contributed by atoms with Crippen LogP contribution < -0.4 is 15.4 Å². The van der Waals surface area contributed by atoms with Crippen LogP contribution in [0.15, 0.2) is 24.3 Å². The van der Waals surface area contributed by atoms with Crippen LogP contribution in [0.3, 0.4) is 0 Å². The van der Waals surface area contributed by atoms with Gasteiger partial charge in [-0.15, -0.1) is 12.4 Å². The summed E-state index contributed by atoms with van der Waals surface area (Å²) in [5.74, 6) is 0.0732. The number of amides is 1. The van der Waals surface area contributed by atoms with Crippen LogP contribution >= 0.6 is 12.4 Å². The van der Waals surface area contributed by atoms with Gasteiger partial charge in [0.1, 0.15) is 0 Å². The third kappa shape index (κ3) is 6.01. The lowest BCUT2D eigenvalue weighted by Gasteiger charge is -2.27. The van der Waals surface area contributed by atoms with Crippen LogP contribution in [-0.4, -0.2) is 32.7 Å². The quantitative estimate of drug-likeness (QED) is 0.750. The number of halogens is 1. The number of hydrogen-bond donors (Lipinski definition) is 3. The molecule has 2 atom stereocenters. The van der Waals surface area contributed by atoms with Gasteiger partial charge in [0.2, 0.25) is 15.9 Å². The highest BCUT2D eigenvalue weighted by Gasteiger charge is 2.24. The lowest BCUT2D eigenvalue weighted by atomic mass is 9.92. The van der Waals surface area contributed by atoms with E-state index >= 15 is 0 Å². The minimum atomic E-state index is -3.28. The number of hydrogen-bond acceptors (Lipinski definition) is 4. The summed E-state index contributed by atoms with van der Waals surface area (Å²) in [7, 11) is -3.28. The fourth-order valence-corrected chi connectivity index (χ4v) is 3.13. The van der Waals surface area contributed by atoms with Gasteiger partial charge in [0.25, 0.3) is 0 Å². The van der Waals surface area contributed by atoms with Crippen LogP contribution in [0.5, 0.6) is 0 Å². The molecule has 3 N–H and O–H groups in total. The van der Waals surface area contributed by atoms with Gasteiger partial charge in [0, 0.05) is 23.3 Å². The second-order valence-electron chi connectivity index (χ2n) is 5.65. The molecule has 0 spiro atoms. The van der Waals surface area contributed by atoms with Crippen molar-refractivity contribution < 1.29 is 13.2 Å². The Labute approximate surface area is 143 Å². The standard InChI is InChI=1S/C15H23N3O3S.ClH/c1-3-22(20,21)18-14-6-4-13(5-7-14)17-15(19)12-8-9-16-11(2)10-12;/h4-7,11-12,16,18H,3,8-10H2,1-2H3,(H,17,19);1H/t11-,12-;/m0./s1. The van der Waals surface area contributed by atoms with E-state index in [1.54, 1.807) is 31.2 Å². The molecule has 0 bridgehead atoms. The van der Waals surface area contributed by atoms with Crippen molar-refractivity contribution in [1.82, 2.24) is 5.32 Å². The van der Waals surface area contributed by atoms with Crippen molar-refractivity contribution in [2.75, 3.05) is 22.3 Å². The van der Waals surface area contributed by atoms with Crippen molar-refractivity contribution in [3.8, 4) is 0 Å². The van der Waals surface area contributed by atoms with E-state index in [4.69, 9.17) is 0 Å². The number of sulfonamides is 1. The van der Waals surface area contributed by atoms with Gasteiger partial charge in [-0.25, -0.2) is 8.42 Å². The average Bonchev–Trinajstić information content (AvgIpc) is 2.49. The Hall–Kier alpha value is -1.31. The molecule has 1 aliphatic rings. The van der Waals surface area contributed by atoms with E-state index in [-0.39, 0.29) is 30.0 Å². The second-order valence-corrected chi connectivity index (χ2v) is 7.66. The molecule has 1 heterocycles. The Morgan fingerprint density at radius 1 is 1.26 bits per heavy atom. The molecule has 0 aromatic heterocycles. The van der Waals surface area contributed by atoms with Crippen molar-refractivity contribution in [1.29, 1.82) is 0 Å². The highest BCUT2D eigenvalue weighted by molar-refractivity contribution is 7.92. The highest BCUT2D eigenvalue weighted by atomic mass is 35.5. The van der Waals surface area contributed by atoms with Crippen molar-refractivity contribution in [2.24, 2.45) is 5.92 Å². The number of rotatable bonds is 5. The first-order valence-electron chi connectivity index (χ1n) is 7.54. The molecular weight excluding hydrogens is 338 g/mol. The largest absolute Gasteiger partial charge is 0.326 e. The first kappa shape index (κ1) is 19.7. The second kappa shape index (κ2) is 8.52. The molecule has 6 nitrogen and oxygen atoms in total. The predicted octanol–water partition coefficient (Wildman–Crippen LogP) is 2.20. The summed E-state index contributed by atoms with van der Waals surface area (Å²) in [4.78, 5) is 12.2. The topological polar surface area (TPSA) is 87.3 Å². The molecule has 1 aliphatic heterocycles. The monoisotopic (exact) mass is 361 g/mol. The molecule has 0 unspecified atom stereocenters. The normalized spacial score (nSPS) is 21.1. The van der Waals surface area contributed by atoms with E-state index < -0.39 is 10.0 Å². The van der Waals surface area contributed by atoms with Gasteiger partial charge in [-0.05, 0) is 57.5 Å². The SMILES string of the molecule is CCS(=O)(=O)Nc1ccc(NC(=O)[C@H]2CCN[C@@H](C)C2)cc1.Cl. The number of anilines is 2. The lowest BCUT2D eigenvalue weighted by Crippen LogP contribution is -2.40. The van der Waals surface area contributed by atoms with E-state index in [0.717, 1.165) is 19.4 Å². The van der Waals surface area contributed by atoms with Crippen molar-refractivity contribution >= 4 is 39.7 Å². The fourth-order valence-electron chi connectivity index (χ4n) is 2.49. The lowest BCUT2D eigenvalue weighted by molar-refractivity contribution is -0.120. The van der Waals surface area contributed by atoms with E-state index in [0.29, 0.717) is 17.4 Å². The van der Waals surface area contributed by atoms with E-state index in [1.165, 1.54) is 0 Å². The molecule has 1 aromatic rings. The van der Waals surface area contributed by atoms with Crippen LogP contribution in [0.1, 0.15) is 26.7 Å². The Balaban J connectivity index is 0.00000264. The maximum atomic E-state index is 12.2. The van der Waals surface area contributed by atoms with Gasteiger partial charge in [-0.2, -0.15) is 0 Å². The Morgan fingerprint density at radius 2 is 1.87 bits per heavy atom. The zero-order valence-corrected chi connectivity index (χ0v) is 15.0. The molecule has 0 saturated carbocycles. The first-order valence-corrected chi connectivity index (χ1v) is 9.19. The van der Waals surface area contributed by atoms with Crippen molar-refractivity contribution in [3.63, 3.8) is 0 Å². The Kier molecular flexibility index (Phi) is 7.31. The van der Waals surface area contributed by atoms with Crippen molar-refractivity contribution in [3.05, 3.63) is 24.3 Å². The van der Waals surface area contributed by atoms with Gasteiger partial charge >= 0.3 is 0 Å². The zero-order valence-electron chi connectivity index (χ0n) is 13.3. The van der Waals surface area contributed by atoms with Gasteiger partial charge < -0.3 is 10.6 Å². The van der Waals surface area contributed by atoms with Gasteiger partial charge in [0.05, 0.1) is 5.75 Å². The van der Waals surface area contributed by atoms with Gasteiger partial charge in [-0.1, -0.05) is 0 Å². The van der Waals surface area contributed by atoms with Crippen LogP contribution in [0.4, 0.5) is 11.4 Å². The minimum absolute atomic E-state index is 0. The molecule has 1 saturated heterocycles. The summed E-state index contributed by atoms with van der Waals surface area (Å²) >= 11 is 0. The molecular formula is C15H24ClN3O3S. The molecule has 1 fully saturated rings. The van der Waals surface area contributed by atoms with Crippen LogP contribution in [0.25, 0.3) is 0 Å². The summed E-state index contributed by atoms with van der Waals surface area (Å²) in [6, 6.07) is 7.06. The molecule has 23 heavy (non-hydrogen) atoms. The summed E-state index contributed by atoms with van der Waals surface area (Å²) in [5, 5.41) is 6.21. The van der Waals surface area contributed by atoms with Crippen LogP contribution in [0.2, 0.25) is 0 Å². The minimum Gasteiger partial charge on any atom is -0.326 e. The molecule has 130 valence electrons. The van der Waals surface area contributed by atoms with Crippen LogP contribution in [-0.2, 0) is 14.8 Å². The zero-order chi connectivity index (χ0) is 16.2. The maximum absolute atomic E-state index is 12.2. The number of nitrogens with one attached hydrogen (secondary N) is 3. The molecule has 1 amide bonds. The molecule has 0 radical (unpaired) electrons. The van der Waals surface area contributed by atoms with Crippen molar-refractivity contribution in [2.45, 2.75) is 32.7 Å². The number of piperidine rings is 1. The summed E-state index contributed by atoms with van der Waals surface area (Å²) in [6.07, 6.45) is 1.67. The molecule has 2 rings (SSSR count). The third-order valence-corrected chi connectivity index (χ3v) is 5.11. The third-order valence-electron chi connectivity index (χ3n) is 3.80. The summed E-state index contributed by atoms with van der Waals surface area (Å²) in [5.41, 5.74) is 1.17. The van der Waals surface area contributed by atoms with Gasteiger partial charge in [0.15, 0.2) is 0 Å². The van der Waals surface area contributed by atoms with E-state index in [2.05, 4.69) is 22.3 Å². The highest BCUT2D eigenvalue weighted by Crippen LogP contribution is 2.20. The number of carbonyl (C=O) groups is 1. The fraction of sp³-hybridized carbons (Fsp3) is 0.533. The summed E-state index contributed by atoms with van der Waals surface area (Å²) < 4.78 is 25.4. The smallest absolute Gasteiger partial charge is 0.232 e. The van der Waals surface area contributed by atoms with Crippen LogP contribution in [0, 0.1) is 5.92 Å². The summed E-state index contributed by atoms with van der Waals surface area (Å²) in [6.45, 7) is 4.52. The predicted molar refractivity (Wildman–Crippen MR) is 95.6 cm³/mol. The number of carbonyl (C=O) groups excluding carboxylic acids is 1. The maximum Gasteiger partial charge on any atom is 0.232 e. The van der Waals surface area contributed by atoms with E-state index in [9.17, 15) is 13.2 Å². The molecule has 8 heteroatoms. The number of benzene rings is 1. The van der Waals surface area contributed by atoms with E-state index in [1.807, 2.05) is 0 Å².